The molecule has 1 aromatic carbocycles. The first-order chi connectivity index (χ1) is 10.8. The van der Waals surface area contributed by atoms with Crippen molar-refractivity contribution in [2.75, 3.05) is 38.1 Å². The molecular formula is C19H27N3. The second kappa shape index (κ2) is 7.59. The number of fused-ring (bicyclic) bond motifs is 1. The minimum atomic E-state index is 1.08. The van der Waals surface area contributed by atoms with E-state index in [1.165, 1.54) is 62.8 Å². The van der Waals surface area contributed by atoms with Crippen LogP contribution in [-0.2, 0) is 0 Å². The van der Waals surface area contributed by atoms with Crippen molar-refractivity contribution < 1.29 is 0 Å². The number of aromatic nitrogens is 1. The van der Waals surface area contributed by atoms with Gasteiger partial charge in [-0.05, 0) is 57.5 Å². The van der Waals surface area contributed by atoms with Gasteiger partial charge < -0.3 is 9.80 Å². The molecule has 118 valence electrons. The zero-order valence-corrected chi connectivity index (χ0v) is 13.7. The van der Waals surface area contributed by atoms with E-state index in [1.54, 1.807) is 0 Å². The van der Waals surface area contributed by atoms with Gasteiger partial charge in [-0.1, -0.05) is 24.6 Å². The number of unbranched alkanes of at least 4 members (excludes halogenated alkanes) is 1. The minimum Gasteiger partial charge on any atom is -0.374 e. The molecule has 22 heavy (non-hydrogen) atoms. The Labute approximate surface area is 133 Å². The summed E-state index contributed by atoms with van der Waals surface area (Å²) in [5, 5.41) is 1.25. The molecule has 0 spiro atoms. The molecule has 2 aromatic rings. The lowest BCUT2D eigenvalue weighted by Gasteiger charge is -2.27. The maximum atomic E-state index is 4.45. The topological polar surface area (TPSA) is 19.4 Å². The molecule has 0 radical (unpaired) electrons. The predicted octanol–water partition coefficient (Wildman–Crippen LogP) is 3.94. The summed E-state index contributed by atoms with van der Waals surface area (Å²) >= 11 is 0. The molecule has 3 nitrogen and oxygen atoms in total. The number of pyridine rings is 1. The van der Waals surface area contributed by atoms with Gasteiger partial charge in [-0.2, -0.15) is 0 Å². The number of hydrogen-bond donors (Lipinski definition) is 0. The van der Waals surface area contributed by atoms with Gasteiger partial charge in [-0.25, -0.2) is 0 Å². The van der Waals surface area contributed by atoms with Gasteiger partial charge in [0.2, 0.25) is 0 Å². The largest absolute Gasteiger partial charge is 0.374 e. The maximum absolute atomic E-state index is 4.45. The summed E-state index contributed by atoms with van der Waals surface area (Å²) in [6, 6.07) is 10.5. The van der Waals surface area contributed by atoms with E-state index in [2.05, 4.69) is 52.2 Å². The summed E-state index contributed by atoms with van der Waals surface area (Å²) in [5.41, 5.74) is 2.38. The number of piperidine rings is 1. The molecule has 0 atom stereocenters. The highest BCUT2D eigenvalue weighted by Gasteiger charge is 2.10. The first-order valence-electron chi connectivity index (χ1n) is 8.62. The van der Waals surface area contributed by atoms with E-state index in [-0.39, 0.29) is 0 Å². The third kappa shape index (κ3) is 3.77. The molecule has 3 heteroatoms. The standard InChI is InChI=1S/C19H27N3/c1-21(13-7-8-16-22-14-5-2-6-15-22)19-11-12-20-18-10-4-3-9-17(18)19/h3-4,9-12H,2,5-8,13-16H2,1H3. The van der Waals surface area contributed by atoms with Crippen LogP contribution in [0, 0.1) is 0 Å². The van der Waals surface area contributed by atoms with E-state index in [1.807, 2.05) is 6.20 Å². The van der Waals surface area contributed by atoms with E-state index in [0.717, 1.165) is 12.1 Å². The molecule has 0 unspecified atom stereocenters. The number of benzene rings is 1. The molecule has 0 saturated carbocycles. The van der Waals surface area contributed by atoms with Crippen molar-refractivity contribution in [3.05, 3.63) is 36.5 Å². The van der Waals surface area contributed by atoms with Gasteiger partial charge in [-0.3, -0.25) is 4.98 Å². The molecule has 1 aliphatic rings. The average Bonchev–Trinajstić information content (AvgIpc) is 2.59. The van der Waals surface area contributed by atoms with Crippen LogP contribution in [-0.4, -0.2) is 43.1 Å². The third-order valence-electron chi connectivity index (χ3n) is 4.70. The molecule has 1 aromatic heterocycles. The van der Waals surface area contributed by atoms with Gasteiger partial charge in [0.05, 0.1) is 5.52 Å². The van der Waals surface area contributed by atoms with Crippen LogP contribution >= 0.6 is 0 Å². The lowest BCUT2D eigenvalue weighted by molar-refractivity contribution is 0.225. The number of nitrogens with zero attached hydrogens (tertiary/aromatic N) is 3. The Kier molecular flexibility index (Phi) is 5.28. The summed E-state index contributed by atoms with van der Waals surface area (Å²) in [4.78, 5) is 9.45. The monoisotopic (exact) mass is 297 g/mol. The normalized spacial score (nSPS) is 16.0. The van der Waals surface area contributed by atoms with E-state index >= 15 is 0 Å². The van der Waals surface area contributed by atoms with E-state index in [0.29, 0.717) is 0 Å². The number of para-hydroxylation sites is 1. The maximum Gasteiger partial charge on any atom is 0.0722 e. The summed E-state index contributed by atoms with van der Waals surface area (Å²) < 4.78 is 0. The van der Waals surface area contributed by atoms with E-state index < -0.39 is 0 Å². The fourth-order valence-electron chi connectivity index (χ4n) is 3.40. The number of likely N-dealkylation sites (tertiary alicyclic amines) is 1. The van der Waals surface area contributed by atoms with E-state index in [9.17, 15) is 0 Å². The van der Waals surface area contributed by atoms with Crippen LogP contribution in [0.15, 0.2) is 36.5 Å². The Balaban J connectivity index is 1.51. The highest BCUT2D eigenvalue weighted by molar-refractivity contribution is 5.91. The highest BCUT2D eigenvalue weighted by atomic mass is 15.1. The second-order valence-electron chi connectivity index (χ2n) is 6.38. The number of hydrogen-bond acceptors (Lipinski definition) is 3. The van der Waals surface area contributed by atoms with E-state index in [4.69, 9.17) is 0 Å². The number of anilines is 1. The van der Waals surface area contributed by atoms with Crippen molar-refractivity contribution in [2.24, 2.45) is 0 Å². The Bertz CT molecular complexity index is 585. The lowest BCUT2D eigenvalue weighted by Crippen LogP contribution is -2.31. The smallest absolute Gasteiger partial charge is 0.0722 e. The Morgan fingerprint density at radius 2 is 1.86 bits per heavy atom. The highest BCUT2D eigenvalue weighted by Crippen LogP contribution is 2.24. The van der Waals surface area contributed by atoms with Crippen LogP contribution in [0.4, 0.5) is 5.69 Å². The molecule has 0 aliphatic carbocycles. The molecule has 0 amide bonds. The zero-order chi connectivity index (χ0) is 15.2. The lowest BCUT2D eigenvalue weighted by atomic mass is 10.1. The molecule has 2 heterocycles. The molecule has 0 N–H and O–H groups in total. The molecular weight excluding hydrogens is 270 g/mol. The molecule has 0 bridgehead atoms. The van der Waals surface area contributed by atoms with Crippen LogP contribution in [0.1, 0.15) is 32.1 Å². The minimum absolute atomic E-state index is 1.08. The molecule has 1 saturated heterocycles. The average molecular weight is 297 g/mol. The summed E-state index contributed by atoms with van der Waals surface area (Å²) in [7, 11) is 2.20. The fraction of sp³-hybridized carbons (Fsp3) is 0.526. The Morgan fingerprint density at radius 3 is 2.73 bits per heavy atom. The SMILES string of the molecule is CN(CCCCN1CCCCC1)c1ccnc2ccccc12. The van der Waals surface area contributed by atoms with Gasteiger partial charge >= 0.3 is 0 Å². The van der Waals surface area contributed by atoms with Gasteiger partial charge in [0.15, 0.2) is 0 Å². The van der Waals surface area contributed by atoms with Gasteiger partial charge in [0.1, 0.15) is 0 Å². The van der Waals surface area contributed by atoms with Gasteiger partial charge in [0, 0.05) is 30.9 Å². The summed E-state index contributed by atoms with van der Waals surface area (Å²) in [6.07, 6.45) is 8.68. The van der Waals surface area contributed by atoms with Crippen molar-refractivity contribution in [3.63, 3.8) is 0 Å². The van der Waals surface area contributed by atoms with Crippen LogP contribution in [0.2, 0.25) is 0 Å². The second-order valence-corrected chi connectivity index (χ2v) is 6.38. The van der Waals surface area contributed by atoms with Crippen LogP contribution in [0.3, 0.4) is 0 Å². The quantitative estimate of drug-likeness (QED) is 0.753. The van der Waals surface area contributed by atoms with Crippen molar-refractivity contribution >= 4 is 16.6 Å². The zero-order valence-electron chi connectivity index (χ0n) is 13.7. The van der Waals surface area contributed by atoms with Crippen LogP contribution < -0.4 is 4.90 Å². The van der Waals surface area contributed by atoms with Crippen molar-refractivity contribution in [2.45, 2.75) is 32.1 Å². The van der Waals surface area contributed by atoms with Crippen LogP contribution in [0.5, 0.6) is 0 Å². The summed E-state index contributed by atoms with van der Waals surface area (Å²) in [6.45, 7) is 5.00. The molecule has 3 rings (SSSR count). The Hall–Kier alpha value is -1.61. The van der Waals surface area contributed by atoms with Gasteiger partial charge in [0.25, 0.3) is 0 Å². The van der Waals surface area contributed by atoms with Crippen molar-refractivity contribution in [1.82, 2.24) is 9.88 Å². The summed E-state index contributed by atoms with van der Waals surface area (Å²) in [5.74, 6) is 0. The molecule has 1 aliphatic heterocycles. The fourth-order valence-corrected chi connectivity index (χ4v) is 3.40. The Morgan fingerprint density at radius 1 is 1.05 bits per heavy atom. The predicted molar refractivity (Wildman–Crippen MR) is 94.5 cm³/mol. The molecule has 1 fully saturated rings. The van der Waals surface area contributed by atoms with Crippen molar-refractivity contribution in [3.8, 4) is 0 Å². The first kappa shape index (κ1) is 15.3. The third-order valence-corrected chi connectivity index (χ3v) is 4.70. The van der Waals surface area contributed by atoms with Crippen molar-refractivity contribution in [1.29, 1.82) is 0 Å². The number of rotatable bonds is 6. The van der Waals surface area contributed by atoms with Crippen LogP contribution in [0.25, 0.3) is 10.9 Å². The first-order valence-corrected chi connectivity index (χ1v) is 8.62. The van der Waals surface area contributed by atoms with Gasteiger partial charge in [-0.15, -0.1) is 0 Å².